The van der Waals surface area contributed by atoms with E-state index >= 15 is 0 Å². The smallest absolute Gasteiger partial charge is 0.343 e. The highest BCUT2D eigenvalue weighted by molar-refractivity contribution is 7.89. The summed E-state index contributed by atoms with van der Waals surface area (Å²) >= 11 is 0. The summed E-state index contributed by atoms with van der Waals surface area (Å²) in [4.78, 5) is 26.3. The molecule has 0 aromatic rings. The minimum absolute atomic E-state index is 0.0255. The van der Waals surface area contributed by atoms with Crippen molar-refractivity contribution in [1.82, 2.24) is 30.3 Å². The normalized spacial score (nSPS) is 32.9. The molecule has 230 valence electrons. The second-order valence-corrected chi connectivity index (χ2v) is 13.9. The van der Waals surface area contributed by atoms with Crippen LogP contribution >= 0.6 is 0 Å². The van der Waals surface area contributed by atoms with Crippen LogP contribution < -0.4 is 16.1 Å². The molecule has 4 unspecified atom stereocenters. The van der Waals surface area contributed by atoms with Crippen molar-refractivity contribution in [2.75, 3.05) is 39.8 Å². The molecule has 3 heterocycles. The number of alkyl halides is 3. The number of hydrazine groups is 1. The summed E-state index contributed by atoms with van der Waals surface area (Å²) < 4.78 is 70.4. The van der Waals surface area contributed by atoms with E-state index in [4.69, 9.17) is 0 Å². The summed E-state index contributed by atoms with van der Waals surface area (Å²) in [5, 5.41) is 6.56. The van der Waals surface area contributed by atoms with Gasteiger partial charge in [0.2, 0.25) is 15.9 Å². The average molecular weight is 595 g/mol. The van der Waals surface area contributed by atoms with Crippen molar-refractivity contribution in [1.29, 1.82) is 0 Å². The van der Waals surface area contributed by atoms with E-state index in [0.717, 1.165) is 6.42 Å². The first-order valence-electron chi connectivity index (χ1n) is 14.8. The highest BCUT2D eigenvalue weighted by Gasteiger charge is 2.59. The van der Waals surface area contributed by atoms with Crippen molar-refractivity contribution >= 4 is 22.0 Å². The zero-order valence-corrected chi connectivity index (χ0v) is 24.6. The van der Waals surface area contributed by atoms with Gasteiger partial charge < -0.3 is 15.5 Å². The lowest BCUT2D eigenvalue weighted by Gasteiger charge is -2.43. The molecule has 4 aliphatic rings. The Kier molecular flexibility index (Phi) is 9.94. The molecule has 3 amide bonds. The van der Waals surface area contributed by atoms with Crippen molar-refractivity contribution in [3.05, 3.63) is 0 Å². The average Bonchev–Trinajstić information content (AvgIpc) is 3.33. The van der Waals surface area contributed by atoms with Crippen LogP contribution in [-0.2, 0) is 14.8 Å². The Balaban J connectivity index is 1.35. The molecule has 3 aliphatic heterocycles. The molecule has 4 rings (SSSR count). The number of carbonyl (C=O) groups excluding carboxylic acids is 2. The predicted molar refractivity (Wildman–Crippen MR) is 144 cm³/mol. The van der Waals surface area contributed by atoms with E-state index in [-0.39, 0.29) is 23.9 Å². The largest absolute Gasteiger partial charge is 0.406 e. The standard InChI is InChI=1S/C26H45F3N6O4S/c1-4-33(5-2)24(36)22-21-16-18(12-15-35(21)32-23(22)26(27,28)29)17-10-13-34(14-11-17)40(38,39)20-8-6-19(7-9-20)31-25(37)30-3/h17-23,32H,4-16H2,1-3H3,(H2,30,31,37). The lowest BCUT2D eigenvalue weighted by atomic mass is 9.74. The highest BCUT2D eigenvalue weighted by Crippen LogP contribution is 2.43. The molecule has 1 saturated carbocycles. The maximum Gasteiger partial charge on any atom is 0.406 e. The highest BCUT2D eigenvalue weighted by atomic mass is 32.2. The SMILES string of the molecule is CCN(CC)C(=O)C1C2CC(C3CCN(S(=O)(=O)C4CCC(NC(=O)NC)CC4)CC3)CCN2NC1C(F)(F)F. The van der Waals surface area contributed by atoms with Crippen molar-refractivity contribution in [3.8, 4) is 0 Å². The summed E-state index contributed by atoms with van der Waals surface area (Å²) in [6, 6.07) is -2.70. The molecule has 0 aromatic carbocycles. The van der Waals surface area contributed by atoms with Crippen LogP contribution in [0.4, 0.5) is 18.0 Å². The molecule has 1 aliphatic carbocycles. The lowest BCUT2D eigenvalue weighted by Crippen LogP contribution is -2.51. The van der Waals surface area contributed by atoms with Gasteiger partial charge in [-0.25, -0.2) is 28.0 Å². The van der Waals surface area contributed by atoms with Crippen molar-refractivity contribution in [2.45, 2.75) is 94.8 Å². The molecule has 3 N–H and O–H groups in total. The summed E-state index contributed by atoms with van der Waals surface area (Å²) in [6.45, 7) is 5.57. The number of sulfonamides is 1. The Morgan fingerprint density at radius 3 is 2.10 bits per heavy atom. The topological polar surface area (TPSA) is 114 Å². The number of nitrogens with zero attached hydrogens (tertiary/aromatic N) is 3. The number of fused-ring (bicyclic) bond motifs is 1. The summed E-state index contributed by atoms with van der Waals surface area (Å²) in [5.74, 6) is -1.27. The van der Waals surface area contributed by atoms with Crippen LogP contribution in [0.3, 0.4) is 0 Å². The van der Waals surface area contributed by atoms with Crippen LogP contribution in [0.25, 0.3) is 0 Å². The van der Waals surface area contributed by atoms with Crippen LogP contribution in [0.1, 0.15) is 65.2 Å². The van der Waals surface area contributed by atoms with Crippen LogP contribution in [0.15, 0.2) is 0 Å². The Hall–Kier alpha value is -1.64. The van der Waals surface area contributed by atoms with E-state index in [1.54, 1.807) is 30.2 Å². The number of urea groups is 1. The van der Waals surface area contributed by atoms with E-state index in [9.17, 15) is 31.2 Å². The van der Waals surface area contributed by atoms with E-state index in [2.05, 4.69) is 16.1 Å². The van der Waals surface area contributed by atoms with Crippen molar-refractivity contribution in [3.63, 3.8) is 0 Å². The number of hydrogen-bond donors (Lipinski definition) is 3. The Bertz CT molecular complexity index is 995. The molecule has 0 aromatic heterocycles. The molecule has 14 heteroatoms. The fourth-order valence-electron chi connectivity index (χ4n) is 7.34. The third kappa shape index (κ3) is 6.54. The van der Waals surface area contributed by atoms with Crippen LogP contribution in [0.5, 0.6) is 0 Å². The van der Waals surface area contributed by atoms with E-state index in [0.29, 0.717) is 77.7 Å². The van der Waals surface area contributed by atoms with Gasteiger partial charge in [0.1, 0.15) is 6.04 Å². The minimum atomic E-state index is -4.53. The van der Waals surface area contributed by atoms with Crippen LogP contribution in [-0.4, -0.2) is 104 Å². The van der Waals surface area contributed by atoms with E-state index < -0.39 is 45.4 Å². The fraction of sp³-hybridized carbons (Fsp3) is 0.923. The first-order valence-corrected chi connectivity index (χ1v) is 16.3. The summed E-state index contributed by atoms with van der Waals surface area (Å²) in [7, 11) is -1.91. The number of carbonyl (C=O) groups is 2. The van der Waals surface area contributed by atoms with Gasteiger partial charge in [-0.15, -0.1) is 0 Å². The van der Waals surface area contributed by atoms with Gasteiger partial charge in [0.25, 0.3) is 0 Å². The molecule has 0 radical (unpaired) electrons. The number of nitrogens with one attached hydrogen (secondary N) is 3. The Morgan fingerprint density at radius 2 is 1.55 bits per heavy atom. The van der Waals surface area contributed by atoms with Gasteiger partial charge in [-0.05, 0) is 77.0 Å². The zero-order valence-electron chi connectivity index (χ0n) is 23.8. The number of piperidine rings is 2. The number of amides is 3. The maximum absolute atomic E-state index is 14.0. The Labute approximate surface area is 235 Å². The molecular formula is C26H45F3N6O4S. The second kappa shape index (κ2) is 12.7. The predicted octanol–water partition coefficient (Wildman–Crippen LogP) is 2.28. The summed E-state index contributed by atoms with van der Waals surface area (Å²) in [6.07, 6.45) is 0.291. The van der Waals surface area contributed by atoms with Crippen LogP contribution in [0.2, 0.25) is 0 Å². The molecule has 4 fully saturated rings. The molecule has 10 nitrogen and oxygen atoms in total. The second-order valence-electron chi connectivity index (χ2n) is 11.7. The third-order valence-corrected chi connectivity index (χ3v) is 12.1. The van der Waals surface area contributed by atoms with Gasteiger partial charge in [-0.1, -0.05) is 0 Å². The third-order valence-electron chi connectivity index (χ3n) is 9.66. The molecule has 0 bridgehead atoms. The van der Waals surface area contributed by atoms with Crippen molar-refractivity contribution < 1.29 is 31.2 Å². The number of hydrogen-bond acceptors (Lipinski definition) is 6. The number of halogens is 3. The maximum atomic E-state index is 14.0. The number of rotatable bonds is 7. The summed E-state index contributed by atoms with van der Waals surface area (Å²) in [5.41, 5.74) is 2.62. The van der Waals surface area contributed by atoms with Gasteiger partial charge in [0, 0.05) is 51.9 Å². The van der Waals surface area contributed by atoms with Gasteiger partial charge in [-0.3, -0.25) is 4.79 Å². The van der Waals surface area contributed by atoms with Crippen molar-refractivity contribution in [2.24, 2.45) is 17.8 Å². The van der Waals surface area contributed by atoms with E-state index in [1.165, 1.54) is 4.90 Å². The lowest BCUT2D eigenvalue weighted by molar-refractivity contribution is -0.172. The quantitative estimate of drug-likeness (QED) is 0.417. The fourth-order valence-corrected chi connectivity index (χ4v) is 9.35. The zero-order chi connectivity index (χ0) is 29.2. The first kappa shape index (κ1) is 31.3. The molecule has 3 saturated heterocycles. The Morgan fingerprint density at radius 1 is 0.950 bits per heavy atom. The van der Waals surface area contributed by atoms with Crippen LogP contribution in [0, 0.1) is 17.8 Å². The molecule has 4 atom stereocenters. The minimum Gasteiger partial charge on any atom is -0.343 e. The first-order chi connectivity index (χ1) is 18.9. The molecule has 0 spiro atoms. The van der Waals surface area contributed by atoms with Gasteiger partial charge >= 0.3 is 12.2 Å². The monoisotopic (exact) mass is 594 g/mol. The van der Waals surface area contributed by atoms with Gasteiger partial charge in [-0.2, -0.15) is 13.2 Å². The van der Waals surface area contributed by atoms with Gasteiger partial charge in [0.05, 0.1) is 11.2 Å². The van der Waals surface area contributed by atoms with E-state index in [1.807, 2.05) is 0 Å². The molecule has 40 heavy (non-hydrogen) atoms. The molecular weight excluding hydrogens is 549 g/mol. The van der Waals surface area contributed by atoms with Gasteiger partial charge in [0.15, 0.2) is 0 Å².